The number of carbonyl (C=O) groups is 2. The molecule has 0 saturated carbocycles. The van der Waals surface area contributed by atoms with Gasteiger partial charge in [0.1, 0.15) is 0 Å². The molecule has 0 fully saturated rings. The summed E-state index contributed by atoms with van der Waals surface area (Å²) in [5.41, 5.74) is 5.02. The highest BCUT2D eigenvalue weighted by Crippen LogP contribution is 2.11. The molecule has 0 bridgehead atoms. The molecule has 0 spiro atoms. The summed E-state index contributed by atoms with van der Waals surface area (Å²) in [6.07, 6.45) is 0. The van der Waals surface area contributed by atoms with Gasteiger partial charge in [-0.1, -0.05) is 18.2 Å². The van der Waals surface area contributed by atoms with E-state index in [1.54, 1.807) is 30.3 Å². The Labute approximate surface area is 125 Å². The second kappa shape index (κ2) is 6.84. The highest BCUT2D eigenvalue weighted by molar-refractivity contribution is 5.97. The summed E-state index contributed by atoms with van der Waals surface area (Å²) >= 11 is 0. The van der Waals surface area contributed by atoms with Crippen molar-refractivity contribution in [3.8, 4) is 0 Å². The van der Waals surface area contributed by atoms with Crippen molar-refractivity contribution in [1.82, 2.24) is 10.9 Å². The van der Waals surface area contributed by atoms with E-state index in [1.807, 2.05) is 0 Å². The Morgan fingerprint density at radius 2 is 1.55 bits per heavy atom. The lowest BCUT2D eigenvalue weighted by molar-refractivity contribution is -0.384. The van der Waals surface area contributed by atoms with Crippen molar-refractivity contribution < 1.29 is 14.5 Å². The van der Waals surface area contributed by atoms with Gasteiger partial charge < -0.3 is 5.32 Å². The van der Waals surface area contributed by atoms with Gasteiger partial charge in [0.05, 0.1) is 4.92 Å². The Balaban J connectivity index is 1.87. The lowest BCUT2D eigenvalue weighted by Crippen LogP contribution is -2.43. The Kier molecular flexibility index (Phi) is 4.66. The van der Waals surface area contributed by atoms with Gasteiger partial charge in [-0.05, 0) is 24.3 Å². The van der Waals surface area contributed by atoms with Crippen molar-refractivity contribution >= 4 is 23.3 Å². The van der Waals surface area contributed by atoms with Gasteiger partial charge in [-0.15, -0.1) is 0 Å². The molecule has 0 aliphatic heterocycles. The first kappa shape index (κ1) is 15.0. The van der Waals surface area contributed by atoms with Crippen molar-refractivity contribution in [1.29, 1.82) is 0 Å². The van der Waals surface area contributed by atoms with E-state index < -0.39 is 16.9 Å². The number of nitro benzene ring substituents is 1. The number of urea groups is 1. The number of anilines is 1. The third-order valence-electron chi connectivity index (χ3n) is 2.66. The minimum absolute atomic E-state index is 0.119. The molecule has 0 aliphatic rings. The number of para-hydroxylation sites is 1. The maximum absolute atomic E-state index is 11.8. The zero-order valence-electron chi connectivity index (χ0n) is 11.3. The Bertz CT molecular complexity index is 686. The lowest BCUT2D eigenvalue weighted by Gasteiger charge is -2.08. The zero-order valence-corrected chi connectivity index (χ0v) is 11.3. The number of nitrogens with zero attached hydrogens (tertiary/aromatic N) is 1. The predicted molar refractivity (Wildman–Crippen MR) is 79.2 cm³/mol. The third-order valence-corrected chi connectivity index (χ3v) is 2.66. The molecule has 22 heavy (non-hydrogen) atoms. The molecule has 2 aromatic rings. The van der Waals surface area contributed by atoms with Crippen LogP contribution in [0.3, 0.4) is 0 Å². The SMILES string of the molecule is O=C(NNC(=O)c1ccc([N+](=O)[O-])cc1)Nc1ccccc1. The Morgan fingerprint density at radius 1 is 0.909 bits per heavy atom. The van der Waals surface area contributed by atoms with Crippen LogP contribution in [0.2, 0.25) is 0 Å². The average Bonchev–Trinajstić information content (AvgIpc) is 2.53. The molecule has 2 rings (SSSR count). The van der Waals surface area contributed by atoms with Crippen molar-refractivity contribution in [3.05, 3.63) is 70.3 Å². The number of carbonyl (C=O) groups excluding carboxylic acids is 2. The van der Waals surface area contributed by atoms with E-state index in [9.17, 15) is 19.7 Å². The van der Waals surface area contributed by atoms with Crippen LogP contribution in [0, 0.1) is 10.1 Å². The van der Waals surface area contributed by atoms with E-state index in [4.69, 9.17) is 0 Å². The molecule has 0 aromatic heterocycles. The summed E-state index contributed by atoms with van der Waals surface area (Å²) < 4.78 is 0. The van der Waals surface area contributed by atoms with Gasteiger partial charge in [-0.3, -0.25) is 20.3 Å². The first-order chi connectivity index (χ1) is 10.6. The number of rotatable bonds is 3. The van der Waals surface area contributed by atoms with Gasteiger partial charge in [0.2, 0.25) is 0 Å². The van der Waals surface area contributed by atoms with Crippen molar-refractivity contribution in [2.75, 3.05) is 5.32 Å². The van der Waals surface area contributed by atoms with E-state index in [0.717, 1.165) is 0 Å². The van der Waals surface area contributed by atoms with Gasteiger partial charge in [0.25, 0.3) is 11.6 Å². The molecule has 8 heteroatoms. The summed E-state index contributed by atoms with van der Waals surface area (Å²) in [4.78, 5) is 33.3. The van der Waals surface area contributed by atoms with Crippen LogP contribution in [0.5, 0.6) is 0 Å². The fourth-order valence-electron chi connectivity index (χ4n) is 1.60. The summed E-state index contributed by atoms with van der Waals surface area (Å²) in [5.74, 6) is -0.585. The molecular formula is C14H12N4O4. The largest absolute Gasteiger partial charge is 0.337 e. The number of benzene rings is 2. The molecule has 0 heterocycles. The van der Waals surface area contributed by atoms with Crippen LogP contribution in [0.25, 0.3) is 0 Å². The number of hydrogen-bond acceptors (Lipinski definition) is 4. The van der Waals surface area contributed by atoms with Crippen LogP contribution in [-0.4, -0.2) is 16.9 Å². The smallest absolute Gasteiger partial charge is 0.307 e. The van der Waals surface area contributed by atoms with Crippen molar-refractivity contribution in [2.24, 2.45) is 0 Å². The second-order valence-corrected chi connectivity index (χ2v) is 4.20. The van der Waals surface area contributed by atoms with Crippen LogP contribution in [0.1, 0.15) is 10.4 Å². The number of hydrogen-bond donors (Lipinski definition) is 3. The predicted octanol–water partition coefficient (Wildman–Crippen LogP) is 2.06. The maximum atomic E-state index is 11.8. The van der Waals surface area contributed by atoms with Gasteiger partial charge >= 0.3 is 6.03 Å². The number of non-ortho nitro benzene ring substituents is 1. The highest BCUT2D eigenvalue weighted by Gasteiger charge is 2.10. The number of nitro groups is 1. The minimum Gasteiger partial charge on any atom is -0.307 e. The summed E-state index contributed by atoms with van der Waals surface area (Å²) in [7, 11) is 0. The molecule has 2 aromatic carbocycles. The van der Waals surface area contributed by atoms with E-state index in [-0.39, 0.29) is 11.3 Å². The standard InChI is InChI=1S/C14H12N4O4/c19-13(10-6-8-12(9-7-10)18(21)22)16-17-14(20)15-11-4-2-1-3-5-11/h1-9H,(H,16,19)(H2,15,17,20). The Hall–Kier alpha value is -3.42. The maximum Gasteiger partial charge on any atom is 0.337 e. The molecule has 0 saturated heterocycles. The first-order valence-electron chi connectivity index (χ1n) is 6.23. The zero-order chi connectivity index (χ0) is 15.9. The van der Waals surface area contributed by atoms with Gasteiger partial charge in [-0.25, -0.2) is 10.2 Å². The van der Waals surface area contributed by atoms with Crippen LogP contribution in [0.4, 0.5) is 16.2 Å². The van der Waals surface area contributed by atoms with E-state index in [0.29, 0.717) is 5.69 Å². The molecule has 8 nitrogen and oxygen atoms in total. The van der Waals surface area contributed by atoms with Crippen LogP contribution < -0.4 is 16.2 Å². The molecule has 0 atom stereocenters. The van der Waals surface area contributed by atoms with E-state index in [1.165, 1.54) is 24.3 Å². The molecule has 3 N–H and O–H groups in total. The minimum atomic E-state index is -0.610. The normalized spacial score (nSPS) is 9.64. The molecule has 112 valence electrons. The number of amides is 3. The fraction of sp³-hybridized carbons (Fsp3) is 0. The number of hydrazine groups is 1. The van der Waals surface area contributed by atoms with E-state index >= 15 is 0 Å². The van der Waals surface area contributed by atoms with Crippen molar-refractivity contribution in [2.45, 2.75) is 0 Å². The topological polar surface area (TPSA) is 113 Å². The van der Waals surface area contributed by atoms with Gasteiger partial charge in [0, 0.05) is 23.4 Å². The Morgan fingerprint density at radius 3 is 2.14 bits per heavy atom. The summed E-state index contributed by atoms with van der Waals surface area (Å²) in [6, 6.07) is 13.1. The van der Waals surface area contributed by atoms with E-state index in [2.05, 4.69) is 16.2 Å². The monoisotopic (exact) mass is 300 g/mol. The first-order valence-corrected chi connectivity index (χ1v) is 6.23. The van der Waals surface area contributed by atoms with Crippen LogP contribution >= 0.6 is 0 Å². The molecule has 3 amide bonds. The molecular weight excluding hydrogens is 288 g/mol. The fourth-order valence-corrected chi connectivity index (χ4v) is 1.60. The van der Waals surface area contributed by atoms with Crippen LogP contribution in [-0.2, 0) is 0 Å². The number of nitrogens with one attached hydrogen (secondary N) is 3. The average molecular weight is 300 g/mol. The molecule has 0 radical (unpaired) electrons. The summed E-state index contributed by atoms with van der Waals surface area (Å²) in [5, 5.41) is 13.0. The lowest BCUT2D eigenvalue weighted by atomic mass is 10.2. The third kappa shape index (κ3) is 4.04. The highest BCUT2D eigenvalue weighted by atomic mass is 16.6. The van der Waals surface area contributed by atoms with Gasteiger partial charge in [0.15, 0.2) is 0 Å². The van der Waals surface area contributed by atoms with Crippen molar-refractivity contribution in [3.63, 3.8) is 0 Å². The molecule has 0 unspecified atom stereocenters. The second-order valence-electron chi connectivity index (χ2n) is 4.20. The van der Waals surface area contributed by atoms with Crippen LogP contribution in [0.15, 0.2) is 54.6 Å². The quantitative estimate of drug-likeness (QED) is 0.594. The summed E-state index contributed by atoms with van der Waals surface area (Å²) in [6.45, 7) is 0. The van der Waals surface area contributed by atoms with Gasteiger partial charge in [-0.2, -0.15) is 0 Å². The molecule has 0 aliphatic carbocycles.